The number of rotatable bonds is 2. The van der Waals surface area contributed by atoms with Gasteiger partial charge in [-0.15, -0.1) is 0 Å². The third-order valence-corrected chi connectivity index (χ3v) is 3.10. The van der Waals surface area contributed by atoms with Gasteiger partial charge in [0.1, 0.15) is 0 Å². The van der Waals surface area contributed by atoms with Crippen molar-refractivity contribution >= 4 is 0 Å². The van der Waals surface area contributed by atoms with Gasteiger partial charge in [0.25, 0.3) is 0 Å². The molecule has 0 aliphatic heterocycles. The van der Waals surface area contributed by atoms with E-state index in [-0.39, 0.29) is 0 Å². The number of imidazole rings is 1. The Bertz CT molecular complexity index is 534. The molecule has 2 aromatic rings. The van der Waals surface area contributed by atoms with Gasteiger partial charge in [0.15, 0.2) is 0 Å². The Balaban J connectivity index is 0.000000399. The van der Waals surface area contributed by atoms with Gasteiger partial charge >= 0.3 is 0 Å². The summed E-state index contributed by atoms with van der Waals surface area (Å²) >= 11 is 0. The maximum Gasteiger partial charge on any atom is 0.0921 e. The molecular formula is C13H16N3O3-. The van der Waals surface area contributed by atoms with Crippen LogP contribution in [0.4, 0.5) is 0 Å². The minimum atomic E-state index is -1.75. The molecular weight excluding hydrogens is 246 g/mol. The van der Waals surface area contributed by atoms with Gasteiger partial charge in [-0.3, -0.25) is 0 Å². The molecule has 1 aromatic heterocycles. The van der Waals surface area contributed by atoms with Gasteiger partial charge in [-0.05, 0) is 30.5 Å². The molecule has 1 N–H and O–H groups in total. The van der Waals surface area contributed by atoms with Crippen LogP contribution in [0.3, 0.4) is 0 Å². The summed E-state index contributed by atoms with van der Waals surface area (Å²) in [4.78, 5) is 15.5. The van der Waals surface area contributed by atoms with E-state index in [9.17, 15) is 0 Å². The summed E-state index contributed by atoms with van der Waals surface area (Å²) in [6, 6.07) is 6.46. The van der Waals surface area contributed by atoms with Crippen LogP contribution in [0.15, 0.2) is 30.7 Å². The summed E-state index contributed by atoms with van der Waals surface area (Å²) in [6.45, 7) is 6.53. The van der Waals surface area contributed by atoms with Crippen molar-refractivity contribution in [2.24, 2.45) is 0 Å². The van der Waals surface area contributed by atoms with Crippen LogP contribution in [-0.2, 0) is 0 Å². The van der Waals surface area contributed by atoms with Gasteiger partial charge in [-0.1, -0.05) is 25.1 Å². The number of aromatic amines is 1. The van der Waals surface area contributed by atoms with Crippen LogP contribution in [0.2, 0.25) is 0 Å². The van der Waals surface area contributed by atoms with E-state index >= 15 is 0 Å². The van der Waals surface area contributed by atoms with Gasteiger partial charge in [-0.2, -0.15) is 0 Å². The number of nitrogens with zero attached hydrogens (tertiary/aromatic N) is 2. The highest BCUT2D eigenvalue weighted by Gasteiger charge is 2.12. The van der Waals surface area contributed by atoms with Crippen molar-refractivity contribution in [2.45, 2.75) is 26.7 Å². The summed E-state index contributed by atoms with van der Waals surface area (Å²) in [6.07, 6.45) is 3.63. The van der Waals surface area contributed by atoms with Crippen molar-refractivity contribution in [1.82, 2.24) is 9.97 Å². The summed E-state index contributed by atoms with van der Waals surface area (Å²) in [5.74, 6) is 0.382. The Hall–Kier alpha value is -2.37. The van der Waals surface area contributed by atoms with Crippen LogP contribution in [-0.4, -0.2) is 15.1 Å². The predicted octanol–water partition coefficient (Wildman–Crippen LogP) is 2.94. The molecule has 0 spiro atoms. The molecule has 1 heterocycles. The topological polar surface area (TPSA) is 94.9 Å². The van der Waals surface area contributed by atoms with E-state index in [1.165, 1.54) is 22.4 Å². The Morgan fingerprint density at radius 2 is 1.95 bits per heavy atom. The second kappa shape index (κ2) is 6.53. The first-order valence-electron chi connectivity index (χ1n) is 5.79. The average molecular weight is 262 g/mol. The fourth-order valence-electron chi connectivity index (χ4n) is 1.91. The highest BCUT2D eigenvalue weighted by Crippen LogP contribution is 2.26. The molecule has 0 bridgehead atoms. The number of H-pyrrole nitrogens is 1. The quantitative estimate of drug-likeness (QED) is 0.664. The Kier molecular flexibility index (Phi) is 5.05. The van der Waals surface area contributed by atoms with Crippen molar-refractivity contribution < 1.29 is 5.09 Å². The van der Waals surface area contributed by atoms with Crippen LogP contribution in [0, 0.1) is 29.2 Å². The standard InChI is InChI=1S/C13H16N2.NO3/c1-9-5-4-6-12(10(9)2)11(3)13-7-14-8-15-13;2-1(3)4/h4-8,11H,1-3H3,(H,14,15);/q;-1/t11-;/m0./s1. The van der Waals surface area contributed by atoms with Gasteiger partial charge < -0.3 is 20.3 Å². The molecule has 1 aromatic carbocycles. The van der Waals surface area contributed by atoms with E-state index in [0.29, 0.717) is 5.92 Å². The number of aryl methyl sites for hydroxylation is 1. The highest BCUT2D eigenvalue weighted by atomic mass is 16.9. The van der Waals surface area contributed by atoms with E-state index in [2.05, 4.69) is 48.9 Å². The molecule has 0 unspecified atom stereocenters. The van der Waals surface area contributed by atoms with Crippen LogP contribution >= 0.6 is 0 Å². The second-order valence-corrected chi connectivity index (χ2v) is 4.24. The van der Waals surface area contributed by atoms with Crippen molar-refractivity contribution in [3.05, 3.63) is 68.4 Å². The number of nitrogens with one attached hydrogen (secondary N) is 1. The molecule has 0 saturated heterocycles. The summed E-state index contributed by atoms with van der Waals surface area (Å²) in [5, 5.41) is 14.8. The monoisotopic (exact) mass is 262 g/mol. The van der Waals surface area contributed by atoms with Crippen LogP contribution in [0.5, 0.6) is 0 Å². The number of benzene rings is 1. The van der Waals surface area contributed by atoms with Crippen LogP contribution in [0.25, 0.3) is 0 Å². The average Bonchev–Trinajstić information content (AvgIpc) is 2.85. The first kappa shape index (κ1) is 14.7. The molecule has 0 amide bonds. The zero-order valence-corrected chi connectivity index (χ0v) is 11.1. The van der Waals surface area contributed by atoms with Crippen LogP contribution in [0.1, 0.15) is 35.2 Å². The molecule has 19 heavy (non-hydrogen) atoms. The normalized spacial score (nSPS) is 11.3. The fourth-order valence-corrected chi connectivity index (χ4v) is 1.91. The zero-order chi connectivity index (χ0) is 14.4. The number of aromatic nitrogens is 2. The molecule has 1 atom stereocenters. The van der Waals surface area contributed by atoms with Crippen molar-refractivity contribution in [3.8, 4) is 0 Å². The SMILES string of the molecule is Cc1cccc([C@H](C)c2cnc[nH]2)c1C.O=[N+]([O-])[O-]. The summed E-state index contributed by atoms with van der Waals surface area (Å²) in [5.41, 5.74) is 5.27. The minimum Gasteiger partial charge on any atom is -0.356 e. The molecule has 0 fully saturated rings. The van der Waals surface area contributed by atoms with Crippen molar-refractivity contribution in [3.63, 3.8) is 0 Å². The molecule has 6 heteroatoms. The van der Waals surface area contributed by atoms with E-state index in [1.807, 2.05) is 6.20 Å². The zero-order valence-electron chi connectivity index (χ0n) is 11.1. The maximum absolute atomic E-state index is 8.25. The second-order valence-electron chi connectivity index (χ2n) is 4.24. The van der Waals surface area contributed by atoms with Gasteiger partial charge in [0.05, 0.1) is 11.4 Å². The number of hydrogen-bond acceptors (Lipinski definition) is 4. The number of hydrogen-bond donors (Lipinski definition) is 1. The van der Waals surface area contributed by atoms with E-state index in [1.54, 1.807) is 6.33 Å². The first-order chi connectivity index (χ1) is 8.93. The molecule has 102 valence electrons. The van der Waals surface area contributed by atoms with E-state index in [4.69, 9.17) is 15.3 Å². The van der Waals surface area contributed by atoms with Crippen molar-refractivity contribution in [2.75, 3.05) is 0 Å². The molecule has 2 rings (SSSR count). The highest BCUT2D eigenvalue weighted by molar-refractivity contribution is 5.38. The Morgan fingerprint density at radius 1 is 1.32 bits per heavy atom. The third kappa shape index (κ3) is 4.09. The lowest BCUT2D eigenvalue weighted by atomic mass is 9.92. The maximum atomic E-state index is 8.25. The van der Waals surface area contributed by atoms with Gasteiger partial charge in [0.2, 0.25) is 0 Å². The molecule has 0 saturated carbocycles. The lowest BCUT2D eigenvalue weighted by Crippen LogP contribution is -2.00. The molecule has 6 nitrogen and oxygen atoms in total. The first-order valence-corrected chi connectivity index (χ1v) is 5.79. The van der Waals surface area contributed by atoms with E-state index < -0.39 is 5.09 Å². The van der Waals surface area contributed by atoms with Gasteiger partial charge in [-0.25, -0.2) is 4.98 Å². The molecule has 0 radical (unpaired) electrons. The summed E-state index contributed by atoms with van der Waals surface area (Å²) < 4.78 is 0. The smallest absolute Gasteiger partial charge is 0.0921 e. The predicted molar refractivity (Wildman–Crippen MR) is 72.4 cm³/mol. The molecule has 0 aliphatic carbocycles. The minimum absolute atomic E-state index is 0.382. The molecule has 0 aliphatic rings. The van der Waals surface area contributed by atoms with Gasteiger partial charge in [0, 0.05) is 17.8 Å². The van der Waals surface area contributed by atoms with Crippen LogP contribution < -0.4 is 0 Å². The fraction of sp³-hybridized carbons (Fsp3) is 0.308. The Morgan fingerprint density at radius 3 is 2.47 bits per heavy atom. The lowest BCUT2D eigenvalue weighted by Gasteiger charge is -2.14. The lowest BCUT2D eigenvalue weighted by molar-refractivity contribution is -0.402. The third-order valence-electron chi connectivity index (χ3n) is 3.10. The Labute approximate surface area is 111 Å². The van der Waals surface area contributed by atoms with Crippen molar-refractivity contribution in [1.29, 1.82) is 0 Å². The summed E-state index contributed by atoms with van der Waals surface area (Å²) in [7, 11) is 0. The van der Waals surface area contributed by atoms with E-state index in [0.717, 1.165) is 0 Å². The largest absolute Gasteiger partial charge is 0.356 e.